The van der Waals surface area contributed by atoms with Crippen LogP contribution in [0.1, 0.15) is 16.6 Å². The second-order valence-electron chi connectivity index (χ2n) is 4.65. The number of aromatic nitrogens is 1. The van der Waals surface area contributed by atoms with E-state index in [1.165, 1.54) is 5.56 Å². The van der Waals surface area contributed by atoms with Crippen molar-refractivity contribution in [1.29, 1.82) is 0 Å². The molecule has 1 atom stereocenters. The highest BCUT2D eigenvalue weighted by molar-refractivity contribution is 7.09. The summed E-state index contributed by atoms with van der Waals surface area (Å²) >= 11 is 1.69. The number of nitrogens with zero attached hydrogens (tertiary/aromatic N) is 2. The Labute approximate surface area is 116 Å². The minimum Gasteiger partial charge on any atom is -0.508 e. The van der Waals surface area contributed by atoms with Crippen LogP contribution in [0.15, 0.2) is 35.8 Å². The van der Waals surface area contributed by atoms with Crippen LogP contribution in [-0.4, -0.2) is 41.2 Å². The van der Waals surface area contributed by atoms with Crippen LogP contribution in [0.2, 0.25) is 0 Å². The van der Waals surface area contributed by atoms with Crippen molar-refractivity contribution >= 4 is 11.3 Å². The van der Waals surface area contributed by atoms with Crippen LogP contribution in [0.25, 0.3) is 0 Å². The molecule has 0 saturated carbocycles. The lowest BCUT2D eigenvalue weighted by molar-refractivity contribution is 0.198. The van der Waals surface area contributed by atoms with Crippen LogP contribution >= 0.6 is 11.3 Å². The molecule has 19 heavy (non-hydrogen) atoms. The highest BCUT2D eigenvalue weighted by Crippen LogP contribution is 2.31. The van der Waals surface area contributed by atoms with Crippen molar-refractivity contribution in [3.05, 3.63) is 46.4 Å². The molecule has 100 valence electrons. The van der Waals surface area contributed by atoms with Gasteiger partial charge in [-0.25, -0.2) is 4.98 Å². The van der Waals surface area contributed by atoms with Gasteiger partial charge >= 0.3 is 0 Å². The van der Waals surface area contributed by atoms with E-state index in [0.717, 1.165) is 31.2 Å². The second kappa shape index (κ2) is 5.69. The number of thiazole rings is 1. The van der Waals surface area contributed by atoms with Crippen molar-refractivity contribution in [2.45, 2.75) is 6.04 Å². The van der Waals surface area contributed by atoms with Crippen LogP contribution in [0.3, 0.4) is 0 Å². The smallest absolute Gasteiger partial charge is 0.115 e. The van der Waals surface area contributed by atoms with Gasteiger partial charge in [0.25, 0.3) is 0 Å². The number of piperazine rings is 1. The molecule has 1 aliphatic heterocycles. The van der Waals surface area contributed by atoms with Crippen molar-refractivity contribution in [3.63, 3.8) is 0 Å². The van der Waals surface area contributed by atoms with Gasteiger partial charge in [0.1, 0.15) is 10.8 Å². The van der Waals surface area contributed by atoms with Crippen molar-refractivity contribution in [2.75, 3.05) is 26.2 Å². The summed E-state index contributed by atoms with van der Waals surface area (Å²) in [5, 5.41) is 16.0. The Morgan fingerprint density at radius 2 is 1.95 bits per heavy atom. The maximum Gasteiger partial charge on any atom is 0.115 e. The number of phenolic OH excluding ortho intramolecular Hbond substituents is 1. The number of rotatable bonds is 3. The molecule has 5 heteroatoms. The lowest BCUT2D eigenvalue weighted by Gasteiger charge is -2.34. The van der Waals surface area contributed by atoms with E-state index in [-0.39, 0.29) is 6.04 Å². The van der Waals surface area contributed by atoms with Crippen molar-refractivity contribution < 1.29 is 5.11 Å². The van der Waals surface area contributed by atoms with Gasteiger partial charge in [0.2, 0.25) is 0 Å². The Bertz CT molecular complexity index is 506. The van der Waals surface area contributed by atoms with Gasteiger partial charge in [0.15, 0.2) is 0 Å². The summed E-state index contributed by atoms with van der Waals surface area (Å²) in [6.45, 7) is 4.07. The first kappa shape index (κ1) is 12.6. The molecular weight excluding hydrogens is 258 g/mol. The highest BCUT2D eigenvalue weighted by atomic mass is 32.1. The summed E-state index contributed by atoms with van der Waals surface area (Å²) in [4.78, 5) is 6.93. The molecule has 0 bridgehead atoms. The summed E-state index contributed by atoms with van der Waals surface area (Å²) in [6.07, 6.45) is 1.86. The number of benzene rings is 1. The van der Waals surface area contributed by atoms with E-state index in [1.54, 1.807) is 23.5 Å². The van der Waals surface area contributed by atoms with Gasteiger partial charge in [0, 0.05) is 37.8 Å². The Morgan fingerprint density at radius 1 is 1.21 bits per heavy atom. The average molecular weight is 275 g/mol. The topological polar surface area (TPSA) is 48.4 Å². The molecule has 0 aliphatic carbocycles. The fraction of sp³-hybridized carbons (Fsp3) is 0.357. The molecule has 2 N–H and O–H groups in total. The molecule has 0 radical (unpaired) electrons. The highest BCUT2D eigenvalue weighted by Gasteiger charge is 2.25. The van der Waals surface area contributed by atoms with Crippen molar-refractivity contribution in [2.24, 2.45) is 0 Å². The van der Waals surface area contributed by atoms with Crippen molar-refractivity contribution in [3.8, 4) is 5.75 Å². The van der Waals surface area contributed by atoms with Gasteiger partial charge in [0.05, 0.1) is 6.04 Å². The summed E-state index contributed by atoms with van der Waals surface area (Å²) in [7, 11) is 0. The third-order valence-electron chi connectivity index (χ3n) is 3.41. The molecule has 1 aromatic carbocycles. The summed E-state index contributed by atoms with van der Waals surface area (Å²) in [6, 6.07) is 7.67. The third-order valence-corrected chi connectivity index (χ3v) is 4.24. The van der Waals surface area contributed by atoms with E-state index >= 15 is 0 Å². The van der Waals surface area contributed by atoms with Gasteiger partial charge < -0.3 is 10.4 Å². The lowest BCUT2D eigenvalue weighted by Crippen LogP contribution is -2.45. The number of aromatic hydroxyl groups is 1. The van der Waals surface area contributed by atoms with Crippen LogP contribution in [0.4, 0.5) is 0 Å². The summed E-state index contributed by atoms with van der Waals surface area (Å²) < 4.78 is 0. The fourth-order valence-corrected chi connectivity index (χ4v) is 3.27. The van der Waals surface area contributed by atoms with Crippen molar-refractivity contribution in [1.82, 2.24) is 15.2 Å². The molecular formula is C14H17N3OS. The minimum atomic E-state index is 0.197. The van der Waals surface area contributed by atoms with E-state index in [1.807, 2.05) is 23.7 Å². The van der Waals surface area contributed by atoms with E-state index < -0.39 is 0 Å². The van der Waals surface area contributed by atoms with Crippen LogP contribution in [0, 0.1) is 0 Å². The lowest BCUT2D eigenvalue weighted by atomic mass is 10.0. The number of hydrogen-bond donors (Lipinski definition) is 2. The molecule has 2 aromatic rings. The molecule has 3 rings (SSSR count). The summed E-state index contributed by atoms with van der Waals surface area (Å²) in [5.41, 5.74) is 1.19. The standard InChI is InChI=1S/C14H17N3OS/c18-12-3-1-11(2-4-12)13(14-16-7-10-19-14)17-8-5-15-6-9-17/h1-4,7,10,13,15,18H,5-6,8-9H2. The van der Waals surface area contributed by atoms with Gasteiger partial charge in [-0.15, -0.1) is 11.3 Å². The zero-order valence-corrected chi connectivity index (χ0v) is 11.4. The van der Waals surface area contributed by atoms with E-state index in [4.69, 9.17) is 0 Å². The van der Waals surface area contributed by atoms with Crippen LogP contribution in [-0.2, 0) is 0 Å². The van der Waals surface area contributed by atoms with Gasteiger partial charge in [-0.3, -0.25) is 4.90 Å². The monoisotopic (exact) mass is 275 g/mol. The molecule has 1 unspecified atom stereocenters. The maximum absolute atomic E-state index is 9.44. The Morgan fingerprint density at radius 3 is 2.58 bits per heavy atom. The number of phenols is 1. The maximum atomic E-state index is 9.44. The van der Waals surface area contributed by atoms with Crippen LogP contribution < -0.4 is 5.32 Å². The molecule has 0 spiro atoms. The molecule has 1 saturated heterocycles. The quantitative estimate of drug-likeness (QED) is 0.897. The molecule has 0 amide bonds. The van der Waals surface area contributed by atoms with E-state index in [2.05, 4.69) is 15.2 Å². The van der Waals surface area contributed by atoms with Gasteiger partial charge in [-0.1, -0.05) is 12.1 Å². The average Bonchev–Trinajstić information content (AvgIpc) is 2.96. The minimum absolute atomic E-state index is 0.197. The number of hydrogen-bond acceptors (Lipinski definition) is 5. The summed E-state index contributed by atoms with van der Waals surface area (Å²) in [5.74, 6) is 0.307. The molecule has 4 nitrogen and oxygen atoms in total. The first-order valence-corrected chi connectivity index (χ1v) is 7.35. The molecule has 1 fully saturated rings. The predicted octanol–water partition coefficient (Wildman–Crippen LogP) is 1.84. The van der Waals surface area contributed by atoms with E-state index in [9.17, 15) is 5.11 Å². The zero-order valence-electron chi connectivity index (χ0n) is 10.6. The normalized spacial score (nSPS) is 18.3. The third kappa shape index (κ3) is 2.78. The Kier molecular flexibility index (Phi) is 3.77. The van der Waals surface area contributed by atoms with Gasteiger partial charge in [-0.2, -0.15) is 0 Å². The first-order chi connectivity index (χ1) is 9.34. The molecule has 1 aliphatic rings. The molecule has 1 aromatic heterocycles. The zero-order chi connectivity index (χ0) is 13.1. The van der Waals surface area contributed by atoms with Gasteiger partial charge in [-0.05, 0) is 17.7 Å². The SMILES string of the molecule is Oc1ccc(C(c2nccs2)N2CCNCC2)cc1. The Balaban J connectivity index is 1.93. The Hall–Kier alpha value is -1.43. The largest absolute Gasteiger partial charge is 0.508 e. The van der Waals surface area contributed by atoms with E-state index in [0.29, 0.717) is 5.75 Å². The second-order valence-corrected chi connectivity index (χ2v) is 5.58. The molecule has 2 heterocycles. The predicted molar refractivity (Wildman–Crippen MR) is 76.5 cm³/mol. The fourth-order valence-electron chi connectivity index (χ4n) is 2.48. The number of nitrogens with one attached hydrogen (secondary N) is 1. The van der Waals surface area contributed by atoms with Crippen LogP contribution in [0.5, 0.6) is 5.75 Å². The first-order valence-electron chi connectivity index (χ1n) is 6.48.